The van der Waals surface area contributed by atoms with E-state index in [1.165, 1.54) is 0 Å². The molecule has 0 aliphatic heterocycles. The summed E-state index contributed by atoms with van der Waals surface area (Å²) in [5, 5.41) is 2.51. The topological polar surface area (TPSA) is 76.7 Å². The molecule has 0 fully saturated rings. The van der Waals surface area contributed by atoms with E-state index in [2.05, 4.69) is 22.2 Å². The molecular weight excluding hydrogens is 242 g/mol. The molecule has 0 bridgehead atoms. The summed E-state index contributed by atoms with van der Waals surface area (Å²) in [6.07, 6.45) is 0.665. The number of aliphatic imine (C=N–C) groups is 1. The van der Waals surface area contributed by atoms with Crippen molar-refractivity contribution in [1.82, 2.24) is 5.32 Å². The van der Waals surface area contributed by atoms with Crippen molar-refractivity contribution in [1.29, 1.82) is 0 Å². The summed E-state index contributed by atoms with van der Waals surface area (Å²) in [7, 11) is 0. The number of nitrogens with zero attached hydrogens (tertiary/aromatic N) is 1. The van der Waals surface area contributed by atoms with Gasteiger partial charge in [-0.25, -0.2) is 9.79 Å². The number of unbranched alkanes of at least 4 members (excludes halogenated alkanes) is 1. The van der Waals surface area contributed by atoms with Gasteiger partial charge in [-0.2, -0.15) is 0 Å². The molecule has 17 heavy (non-hydrogen) atoms. The lowest BCUT2D eigenvalue weighted by Gasteiger charge is -2.09. The van der Waals surface area contributed by atoms with E-state index in [9.17, 15) is 4.79 Å². The van der Waals surface area contributed by atoms with Crippen molar-refractivity contribution in [2.24, 2.45) is 10.7 Å². The second-order valence-corrected chi connectivity index (χ2v) is 3.20. The third kappa shape index (κ3) is 10.9. The Hall–Kier alpha value is -1.41. The van der Waals surface area contributed by atoms with Crippen molar-refractivity contribution < 1.29 is 9.53 Å². The SMILES string of the molecule is CC#CC(N=C(C)N)NC(=O)OCCCC.Cl. The molecule has 0 saturated carbocycles. The fourth-order valence-corrected chi connectivity index (χ4v) is 0.903. The maximum Gasteiger partial charge on any atom is 0.409 e. The van der Waals surface area contributed by atoms with Crippen molar-refractivity contribution in [2.45, 2.75) is 39.8 Å². The van der Waals surface area contributed by atoms with Gasteiger partial charge in [0.05, 0.1) is 12.4 Å². The van der Waals surface area contributed by atoms with Crippen LogP contribution in [0.2, 0.25) is 0 Å². The predicted octanol–water partition coefficient (Wildman–Crippen LogP) is 1.66. The zero-order valence-electron chi connectivity index (χ0n) is 10.4. The van der Waals surface area contributed by atoms with Crippen LogP contribution in [0, 0.1) is 11.8 Å². The van der Waals surface area contributed by atoms with Crippen LogP contribution in [0.5, 0.6) is 0 Å². The van der Waals surface area contributed by atoms with Crippen molar-refractivity contribution in [3.8, 4) is 11.8 Å². The van der Waals surface area contributed by atoms with E-state index in [0.29, 0.717) is 12.4 Å². The number of hydrogen-bond acceptors (Lipinski definition) is 3. The van der Waals surface area contributed by atoms with E-state index in [4.69, 9.17) is 10.5 Å². The maximum absolute atomic E-state index is 11.3. The largest absolute Gasteiger partial charge is 0.450 e. The highest BCUT2D eigenvalue weighted by Crippen LogP contribution is 1.91. The summed E-state index contributed by atoms with van der Waals surface area (Å²) in [5.41, 5.74) is 5.41. The monoisotopic (exact) mass is 261 g/mol. The highest BCUT2D eigenvalue weighted by Gasteiger charge is 2.08. The molecule has 1 atom stereocenters. The lowest BCUT2D eigenvalue weighted by Crippen LogP contribution is -2.34. The summed E-state index contributed by atoms with van der Waals surface area (Å²) in [5.74, 6) is 5.73. The molecule has 1 unspecified atom stereocenters. The third-order valence-electron chi connectivity index (χ3n) is 1.60. The Morgan fingerprint density at radius 3 is 2.71 bits per heavy atom. The molecule has 0 rings (SSSR count). The molecule has 5 nitrogen and oxygen atoms in total. The molecule has 0 saturated heterocycles. The van der Waals surface area contributed by atoms with Gasteiger partial charge in [-0.05, 0) is 20.3 Å². The second kappa shape index (κ2) is 11.1. The van der Waals surface area contributed by atoms with Crippen LogP contribution in [0.3, 0.4) is 0 Å². The molecule has 0 heterocycles. The summed E-state index contributed by atoms with van der Waals surface area (Å²) in [6.45, 7) is 5.72. The maximum atomic E-state index is 11.3. The molecular formula is C11H20ClN3O2. The van der Waals surface area contributed by atoms with E-state index in [0.717, 1.165) is 12.8 Å². The van der Waals surface area contributed by atoms with Crippen molar-refractivity contribution >= 4 is 24.3 Å². The Morgan fingerprint density at radius 1 is 1.59 bits per heavy atom. The van der Waals surface area contributed by atoms with Gasteiger partial charge in [0.2, 0.25) is 0 Å². The third-order valence-corrected chi connectivity index (χ3v) is 1.60. The Kier molecular flexibility index (Phi) is 11.7. The van der Waals surface area contributed by atoms with Gasteiger partial charge < -0.3 is 10.5 Å². The Balaban J connectivity index is 0. The summed E-state index contributed by atoms with van der Waals surface area (Å²) >= 11 is 0. The molecule has 98 valence electrons. The first kappa shape index (κ1) is 18.0. The number of carbonyl (C=O) groups is 1. The zero-order chi connectivity index (χ0) is 12.4. The number of carbonyl (C=O) groups excluding carboxylic acids is 1. The van der Waals surface area contributed by atoms with Crippen LogP contribution in [0.15, 0.2) is 4.99 Å². The number of halogens is 1. The normalized spacial score (nSPS) is 11.6. The molecule has 1 amide bonds. The molecule has 0 aromatic rings. The van der Waals surface area contributed by atoms with Crippen LogP contribution < -0.4 is 11.1 Å². The van der Waals surface area contributed by atoms with Crippen LogP contribution in [0.25, 0.3) is 0 Å². The lowest BCUT2D eigenvalue weighted by atomic mass is 10.4. The quantitative estimate of drug-likeness (QED) is 0.342. The van der Waals surface area contributed by atoms with Crippen molar-refractivity contribution in [2.75, 3.05) is 6.61 Å². The first-order valence-electron chi connectivity index (χ1n) is 5.25. The predicted molar refractivity (Wildman–Crippen MR) is 71.2 cm³/mol. The number of nitrogens with one attached hydrogen (secondary N) is 1. The number of alkyl carbamates (subject to hydrolysis) is 1. The van der Waals surface area contributed by atoms with Crippen LogP contribution in [-0.4, -0.2) is 24.7 Å². The van der Waals surface area contributed by atoms with E-state index >= 15 is 0 Å². The Morgan fingerprint density at radius 2 is 2.24 bits per heavy atom. The number of rotatable bonds is 5. The van der Waals surface area contributed by atoms with Crippen LogP contribution in [-0.2, 0) is 4.74 Å². The van der Waals surface area contributed by atoms with E-state index < -0.39 is 12.3 Å². The molecule has 0 aromatic carbocycles. The molecule has 0 aliphatic rings. The fourth-order valence-electron chi connectivity index (χ4n) is 0.903. The average Bonchev–Trinajstić information content (AvgIpc) is 2.17. The molecule has 0 aromatic heterocycles. The van der Waals surface area contributed by atoms with Crippen LogP contribution >= 0.6 is 12.4 Å². The minimum Gasteiger partial charge on any atom is -0.450 e. The number of amidine groups is 1. The molecule has 0 aliphatic carbocycles. The summed E-state index contributed by atoms with van der Waals surface area (Å²) in [6, 6.07) is 0. The highest BCUT2D eigenvalue weighted by molar-refractivity contribution is 5.85. The summed E-state index contributed by atoms with van der Waals surface area (Å²) < 4.78 is 4.91. The number of amides is 1. The van der Waals surface area contributed by atoms with E-state index in [1.54, 1.807) is 13.8 Å². The highest BCUT2D eigenvalue weighted by atomic mass is 35.5. The Bertz CT molecular complexity index is 304. The van der Waals surface area contributed by atoms with Gasteiger partial charge in [-0.3, -0.25) is 5.32 Å². The molecule has 6 heteroatoms. The van der Waals surface area contributed by atoms with Gasteiger partial charge in [0, 0.05) is 0 Å². The Labute approximate surface area is 109 Å². The van der Waals surface area contributed by atoms with Crippen LogP contribution in [0.4, 0.5) is 4.79 Å². The first-order chi connectivity index (χ1) is 7.60. The smallest absolute Gasteiger partial charge is 0.409 e. The van der Waals surface area contributed by atoms with Gasteiger partial charge in [0.1, 0.15) is 0 Å². The number of ether oxygens (including phenoxy) is 1. The average molecular weight is 262 g/mol. The molecule has 3 N–H and O–H groups in total. The van der Waals surface area contributed by atoms with Gasteiger partial charge >= 0.3 is 6.09 Å². The van der Waals surface area contributed by atoms with E-state index in [-0.39, 0.29) is 12.4 Å². The zero-order valence-corrected chi connectivity index (χ0v) is 11.3. The van der Waals surface area contributed by atoms with Gasteiger partial charge in [0.15, 0.2) is 6.17 Å². The van der Waals surface area contributed by atoms with Gasteiger partial charge in [0.25, 0.3) is 0 Å². The minimum atomic E-state index is -0.635. The van der Waals surface area contributed by atoms with Crippen molar-refractivity contribution in [3.05, 3.63) is 0 Å². The lowest BCUT2D eigenvalue weighted by molar-refractivity contribution is 0.143. The van der Waals surface area contributed by atoms with E-state index in [1.807, 2.05) is 6.92 Å². The van der Waals surface area contributed by atoms with Gasteiger partial charge in [-0.1, -0.05) is 19.3 Å². The van der Waals surface area contributed by atoms with Crippen LogP contribution in [0.1, 0.15) is 33.6 Å². The van der Waals surface area contributed by atoms with Gasteiger partial charge in [-0.15, -0.1) is 18.3 Å². The fraction of sp³-hybridized carbons (Fsp3) is 0.636. The van der Waals surface area contributed by atoms with Crippen molar-refractivity contribution in [3.63, 3.8) is 0 Å². The minimum absolute atomic E-state index is 0. The molecule has 0 radical (unpaired) electrons. The second-order valence-electron chi connectivity index (χ2n) is 3.20. The summed E-state index contributed by atoms with van der Waals surface area (Å²) in [4.78, 5) is 15.2. The first-order valence-corrected chi connectivity index (χ1v) is 5.25. The standard InChI is InChI=1S/C11H19N3O2.ClH/c1-4-6-8-16-11(15)14-10(7-5-2)13-9(3)12;/h10H,4,6,8H2,1-3H3,(H2,12,13)(H,14,15);1H. The molecule has 0 spiro atoms. The number of hydrogen-bond donors (Lipinski definition) is 2. The number of nitrogens with two attached hydrogens (primary N) is 1.